The SMILES string of the molecule is CN=C(NCCCn1nc(C)cc1C)NCCN1CCCN(C)CC1. The van der Waals surface area contributed by atoms with Gasteiger partial charge in [-0.25, -0.2) is 0 Å². The van der Waals surface area contributed by atoms with Crippen LogP contribution >= 0.6 is 0 Å². The maximum Gasteiger partial charge on any atom is 0.191 e. The van der Waals surface area contributed by atoms with Gasteiger partial charge in [0.2, 0.25) is 0 Å². The number of hydrogen-bond donors (Lipinski definition) is 2. The van der Waals surface area contributed by atoms with Crippen molar-refractivity contribution in [2.75, 3.05) is 59.9 Å². The van der Waals surface area contributed by atoms with Crippen LogP contribution in [0.2, 0.25) is 0 Å². The molecule has 0 atom stereocenters. The van der Waals surface area contributed by atoms with Crippen LogP contribution in [0, 0.1) is 13.8 Å². The van der Waals surface area contributed by atoms with Crippen LogP contribution in [-0.4, -0.2) is 85.4 Å². The van der Waals surface area contributed by atoms with Crippen LogP contribution in [0.5, 0.6) is 0 Å². The first-order valence-corrected chi connectivity index (χ1v) is 9.45. The van der Waals surface area contributed by atoms with Gasteiger partial charge in [0.1, 0.15) is 0 Å². The predicted molar refractivity (Wildman–Crippen MR) is 104 cm³/mol. The molecule has 7 heteroatoms. The molecule has 0 spiro atoms. The van der Waals surface area contributed by atoms with Crippen LogP contribution < -0.4 is 10.6 Å². The van der Waals surface area contributed by atoms with E-state index in [1.807, 2.05) is 14.0 Å². The fourth-order valence-corrected chi connectivity index (χ4v) is 3.21. The van der Waals surface area contributed by atoms with Crippen LogP contribution in [0.15, 0.2) is 11.1 Å². The molecule has 0 bridgehead atoms. The number of likely N-dealkylation sites (N-methyl/N-ethyl adjacent to an activating group) is 1. The van der Waals surface area contributed by atoms with Gasteiger partial charge < -0.3 is 20.4 Å². The number of nitrogens with one attached hydrogen (secondary N) is 2. The van der Waals surface area contributed by atoms with E-state index < -0.39 is 0 Å². The molecule has 142 valence electrons. The highest BCUT2D eigenvalue weighted by Gasteiger charge is 2.11. The maximum atomic E-state index is 4.50. The number of aromatic nitrogens is 2. The van der Waals surface area contributed by atoms with Crippen molar-refractivity contribution in [1.29, 1.82) is 0 Å². The van der Waals surface area contributed by atoms with Crippen molar-refractivity contribution in [3.63, 3.8) is 0 Å². The fraction of sp³-hybridized carbons (Fsp3) is 0.778. The number of nitrogens with zero attached hydrogens (tertiary/aromatic N) is 5. The Labute approximate surface area is 152 Å². The van der Waals surface area contributed by atoms with Crippen molar-refractivity contribution >= 4 is 5.96 Å². The summed E-state index contributed by atoms with van der Waals surface area (Å²) in [5.41, 5.74) is 2.31. The standard InChI is InChI=1S/C18H35N7/c1-16-15-17(2)25(22-16)11-5-7-20-18(19-3)21-8-12-24-10-6-9-23(4)13-14-24/h15H,5-14H2,1-4H3,(H2,19,20,21). The van der Waals surface area contributed by atoms with E-state index in [1.54, 1.807) is 0 Å². The summed E-state index contributed by atoms with van der Waals surface area (Å²) in [6.45, 7) is 12.7. The Balaban J connectivity index is 1.59. The van der Waals surface area contributed by atoms with E-state index in [-0.39, 0.29) is 0 Å². The molecule has 1 aliphatic rings. The van der Waals surface area contributed by atoms with Gasteiger partial charge in [0.15, 0.2) is 5.96 Å². The number of hydrogen-bond acceptors (Lipinski definition) is 4. The second-order valence-electron chi connectivity index (χ2n) is 6.93. The Morgan fingerprint density at radius 2 is 1.92 bits per heavy atom. The minimum Gasteiger partial charge on any atom is -0.356 e. The molecule has 0 saturated carbocycles. The molecule has 25 heavy (non-hydrogen) atoms. The van der Waals surface area contributed by atoms with Crippen molar-refractivity contribution in [1.82, 2.24) is 30.2 Å². The van der Waals surface area contributed by atoms with E-state index in [2.05, 4.69) is 55.2 Å². The van der Waals surface area contributed by atoms with E-state index in [1.165, 1.54) is 31.7 Å². The van der Waals surface area contributed by atoms with Gasteiger partial charge >= 0.3 is 0 Å². The molecule has 1 fully saturated rings. The molecule has 1 saturated heterocycles. The Hall–Kier alpha value is -1.60. The molecule has 1 aromatic rings. The van der Waals surface area contributed by atoms with Gasteiger partial charge in [-0.05, 0) is 52.9 Å². The van der Waals surface area contributed by atoms with Gasteiger partial charge in [0, 0.05) is 52.0 Å². The number of rotatable bonds is 7. The van der Waals surface area contributed by atoms with Crippen LogP contribution in [0.4, 0.5) is 0 Å². The van der Waals surface area contributed by atoms with Crippen LogP contribution in [0.25, 0.3) is 0 Å². The maximum absolute atomic E-state index is 4.50. The molecule has 2 heterocycles. The minimum atomic E-state index is 0.889. The molecule has 1 aliphatic heterocycles. The predicted octanol–water partition coefficient (Wildman–Crippen LogP) is 0.693. The van der Waals surface area contributed by atoms with Gasteiger partial charge in [-0.15, -0.1) is 0 Å². The largest absolute Gasteiger partial charge is 0.356 e. The lowest BCUT2D eigenvalue weighted by molar-refractivity contribution is 0.280. The molecule has 0 aliphatic carbocycles. The lowest BCUT2D eigenvalue weighted by Crippen LogP contribution is -2.42. The monoisotopic (exact) mass is 349 g/mol. The zero-order valence-electron chi connectivity index (χ0n) is 16.4. The average Bonchev–Trinajstić information content (AvgIpc) is 2.77. The second kappa shape index (κ2) is 10.4. The van der Waals surface area contributed by atoms with Crippen LogP contribution in [-0.2, 0) is 6.54 Å². The number of aliphatic imine (C=N–C) groups is 1. The van der Waals surface area contributed by atoms with E-state index in [4.69, 9.17) is 0 Å². The smallest absolute Gasteiger partial charge is 0.191 e. The number of aryl methyl sites for hydroxylation is 3. The van der Waals surface area contributed by atoms with E-state index >= 15 is 0 Å². The first kappa shape index (κ1) is 19.7. The second-order valence-corrected chi connectivity index (χ2v) is 6.93. The zero-order valence-corrected chi connectivity index (χ0v) is 16.4. The summed E-state index contributed by atoms with van der Waals surface area (Å²) in [5.74, 6) is 0.889. The summed E-state index contributed by atoms with van der Waals surface area (Å²) >= 11 is 0. The highest BCUT2D eigenvalue weighted by Crippen LogP contribution is 2.02. The lowest BCUT2D eigenvalue weighted by Gasteiger charge is -2.21. The molecular weight excluding hydrogens is 314 g/mol. The third-order valence-corrected chi connectivity index (χ3v) is 4.70. The van der Waals surface area contributed by atoms with Crippen molar-refractivity contribution in [3.8, 4) is 0 Å². The van der Waals surface area contributed by atoms with Crippen molar-refractivity contribution in [2.45, 2.75) is 33.2 Å². The van der Waals surface area contributed by atoms with Crippen molar-refractivity contribution < 1.29 is 0 Å². The molecule has 1 aromatic heterocycles. The van der Waals surface area contributed by atoms with E-state index in [0.29, 0.717) is 0 Å². The first-order valence-electron chi connectivity index (χ1n) is 9.45. The molecule has 0 unspecified atom stereocenters. The van der Waals surface area contributed by atoms with Crippen molar-refractivity contribution in [3.05, 3.63) is 17.5 Å². The molecule has 0 radical (unpaired) electrons. The normalized spacial score (nSPS) is 17.5. The van der Waals surface area contributed by atoms with Gasteiger partial charge in [-0.1, -0.05) is 0 Å². The summed E-state index contributed by atoms with van der Waals surface area (Å²) in [6.07, 6.45) is 2.29. The highest BCUT2D eigenvalue weighted by molar-refractivity contribution is 5.79. The Morgan fingerprint density at radius 1 is 1.12 bits per heavy atom. The Bertz CT molecular complexity index is 538. The molecule has 2 N–H and O–H groups in total. The Kier molecular flexibility index (Phi) is 8.21. The van der Waals surface area contributed by atoms with Gasteiger partial charge in [0.25, 0.3) is 0 Å². The lowest BCUT2D eigenvalue weighted by atomic mass is 10.4. The summed E-state index contributed by atoms with van der Waals surface area (Å²) in [5, 5.41) is 11.3. The average molecular weight is 350 g/mol. The van der Waals surface area contributed by atoms with Gasteiger partial charge in [0.05, 0.1) is 5.69 Å². The fourth-order valence-electron chi connectivity index (χ4n) is 3.21. The topological polar surface area (TPSA) is 60.7 Å². The molecule has 0 aromatic carbocycles. The van der Waals surface area contributed by atoms with Crippen LogP contribution in [0.3, 0.4) is 0 Å². The zero-order chi connectivity index (χ0) is 18.1. The minimum absolute atomic E-state index is 0.889. The summed E-state index contributed by atoms with van der Waals surface area (Å²) < 4.78 is 2.07. The summed E-state index contributed by atoms with van der Waals surface area (Å²) in [7, 11) is 4.04. The molecule has 0 amide bonds. The third-order valence-electron chi connectivity index (χ3n) is 4.70. The molecule has 7 nitrogen and oxygen atoms in total. The molecule has 2 rings (SSSR count). The summed E-state index contributed by atoms with van der Waals surface area (Å²) in [6, 6.07) is 2.12. The first-order chi connectivity index (χ1) is 12.1. The third kappa shape index (κ3) is 7.04. The summed E-state index contributed by atoms with van der Waals surface area (Å²) in [4.78, 5) is 9.26. The van der Waals surface area contributed by atoms with E-state index in [9.17, 15) is 0 Å². The van der Waals surface area contributed by atoms with Gasteiger partial charge in [-0.2, -0.15) is 5.10 Å². The Morgan fingerprint density at radius 3 is 2.64 bits per heavy atom. The highest BCUT2D eigenvalue weighted by atomic mass is 15.3. The molecular formula is C18H35N7. The van der Waals surface area contributed by atoms with Crippen LogP contribution in [0.1, 0.15) is 24.2 Å². The van der Waals surface area contributed by atoms with E-state index in [0.717, 1.165) is 50.8 Å². The number of guanidine groups is 1. The quantitative estimate of drug-likeness (QED) is 0.431. The van der Waals surface area contributed by atoms with Gasteiger partial charge in [-0.3, -0.25) is 9.67 Å². The van der Waals surface area contributed by atoms with Crippen molar-refractivity contribution in [2.24, 2.45) is 4.99 Å².